The summed E-state index contributed by atoms with van der Waals surface area (Å²) in [5.41, 5.74) is 0. The van der Waals surface area contributed by atoms with Gasteiger partial charge in [-0.3, -0.25) is 4.79 Å². The van der Waals surface area contributed by atoms with Crippen LogP contribution in [0.1, 0.15) is 31.2 Å². The average molecular weight is 229 g/mol. The van der Waals surface area contributed by atoms with Crippen molar-refractivity contribution in [2.45, 2.75) is 26.2 Å². The van der Waals surface area contributed by atoms with Gasteiger partial charge in [0.05, 0.1) is 13.0 Å². The van der Waals surface area contributed by atoms with Gasteiger partial charge in [-0.15, -0.1) is 10.2 Å². The van der Waals surface area contributed by atoms with Crippen LogP contribution in [-0.4, -0.2) is 29.8 Å². The molecule has 0 saturated heterocycles. The number of nitrogens with zero attached hydrogens (tertiary/aromatic N) is 2. The van der Waals surface area contributed by atoms with Crippen LogP contribution in [-0.2, 0) is 9.53 Å². The van der Waals surface area contributed by atoms with Gasteiger partial charge < -0.3 is 10.1 Å². The second-order valence-corrected chi connectivity index (χ2v) is 4.40. The SMILES string of the molecule is COCCC(=O)Nc1nnc(C(C)C)s1. The van der Waals surface area contributed by atoms with Crippen LogP contribution in [0.3, 0.4) is 0 Å². The summed E-state index contributed by atoms with van der Waals surface area (Å²) in [5.74, 6) is 0.246. The van der Waals surface area contributed by atoms with E-state index in [-0.39, 0.29) is 5.91 Å². The van der Waals surface area contributed by atoms with Crippen molar-refractivity contribution in [3.05, 3.63) is 5.01 Å². The van der Waals surface area contributed by atoms with Gasteiger partial charge in [0.25, 0.3) is 0 Å². The average Bonchev–Trinajstić information content (AvgIpc) is 2.63. The Balaban J connectivity index is 2.46. The molecule has 0 unspecified atom stereocenters. The van der Waals surface area contributed by atoms with Crippen LogP contribution in [0.15, 0.2) is 0 Å². The molecule has 0 radical (unpaired) electrons. The fourth-order valence-corrected chi connectivity index (χ4v) is 1.66. The van der Waals surface area contributed by atoms with Gasteiger partial charge in [0, 0.05) is 13.0 Å². The summed E-state index contributed by atoms with van der Waals surface area (Å²) in [6, 6.07) is 0. The molecule has 0 bridgehead atoms. The highest BCUT2D eigenvalue weighted by Crippen LogP contribution is 2.22. The second-order valence-electron chi connectivity index (χ2n) is 3.39. The van der Waals surface area contributed by atoms with Gasteiger partial charge in [-0.2, -0.15) is 0 Å². The van der Waals surface area contributed by atoms with Crippen LogP contribution in [0.4, 0.5) is 5.13 Å². The monoisotopic (exact) mass is 229 g/mol. The maximum Gasteiger partial charge on any atom is 0.228 e. The number of nitrogens with one attached hydrogen (secondary N) is 1. The molecule has 0 saturated carbocycles. The molecule has 0 aromatic carbocycles. The van der Waals surface area contributed by atoms with Gasteiger partial charge in [0.2, 0.25) is 11.0 Å². The van der Waals surface area contributed by atoms with E-state index >= 15 is 0 Å². The standard InChI is InChI=1S/C9H15N3O2S/c1-6(2)8-11-12-9(15-8)10-7(13)4-5-14-3/h6H,4-5H2,1-3H3,(H,10,12,13). The minimum atomic E-state index is -0.0942. The quantitative estimate of drug-likeness (QED) is 0.833. The number of rotatable bonds is 5. The third-order valence-electron chi connectivity index (χ3n) is 1.71. The molecule has 1 amide bonds. The van der Waals surface area contributed by atoms with E-state index in [0.29, 0.717) is 24.1 Å². The summed E-state index contributed by atoms with van der Waals surface area (Å²) in [6.45, 7) is 4.50. The van der Waals surface area contributed by atoms with Crippen LogP contribution in [0.5, 0.6) is 0 Å². The third kappa shape index (κ3) is 3.93. The van der Waals surface area contributed by atoms with Crippen molar-refractivity contribution in [3.8, 4) is 0 Å². The van der Waals surface area contributed by atoms with E-state index in [1.807, 2.05) is 13.8 Å². The molecule has 0 aliphatic heterocycles. The minimum Gasteiger partial charge on any atom is -0.384 e. The van der Waals surface area contributed by atoms with Crippen molar-refractivity contribution < 1.29 is 9.53 Å². The Kier molecular flexibility index (Phi) is 4.64. The second kappa shape index (κ2) is 5.77. The van der Waals surface area contributed by atoms with Crippen molar-refractivity contribution >= 4 is 22.4 Å². The zero-order valence-electron chi connectivity index (χ0n) is 9.11. The zero-order chi connectivity index (χ0) is 11.3. The minimum absolute atomic E-state index is 0.0942. The predicted molar refractivity (Wildman–Crippen MR) is 59.1 cm³/mol. The Morgan fingerprint density at radius 3 is 2.80 bits per heavy atom. The molecule has 6 heteroatoms. The van der Waals surface area contributed by atoms with Gasteiger partial charge in [0.1, 0.15) is 5.01 Å². The summed E-state index contributed by atoms with van der Waals surface area (Å²) in [6.07, 6.45) is 0.340. The Hall–Kier alpha value is -1.01. The lowest BCUT2D eigenvalue weighted by atomic mass is 10.2. The van der Waals surface area contributed by atoms with E-state index in [4.69, 9.17) is 4.74 Å². The summed E-state index contributed by atoms with van der Waals surface area (Å²) in [4.78, 5) is 11.3. The number of anilines is 1. The Morgan fingerprint density at radius 2 is 2.27 bits per heavy atom. The van der Waals surface area contributed by atoms with Crippen molar-refractivity contribution in [2.75, 3.05) is 19.0 Å². The number of ether oxygens (including phenoxy) is 1. The Bertz CT molecular complexity index is 325. The van der Waals surface area contributed by atoms with Crippen molar-refractivity contribution in [3.63, 3.8) is 0 Å². The number of hydrogen-bond donors (Lipinski definition) is 1. The lowest BCUT2D eigenvalue weighted by Gasteiger charge is -1.99. The third-order valence-corrected chi connectivity index (χ3v) is 2.85. The molecule has 84 valence electrons. The molecule has 0 aliphatic rings. The zero-order valence-corrected chi connectivity index (χ0v) is 9.93. The normalized spacial score (nSPS) is 10.7. The van der Waals surface area contributed by atoms with Crippen LogP contribution >= 0.6 is 11.3 Å². The smallest absolute Gasteiger partial charge is 0.228 e. The number of aromatic nitrogens is 2. The number of carbonyl (C=O) groups is 1. The predicted octanol–water partition coefficient (Wildman–Crippen LogP) is 1.64. The number of methoxy groups -OCH3 is 1. The number of hydrogen-bond acceptors (Lipinski definition) is 5. The first-order valence-electron chi connectivity index (χ1n) is 4.75. The fraction of sp³-hybridized carbons (Fsp3) is 0.667. The topological polar surface area (TPSA) is 64.1 Å². The van der Waals surface area contributed by atoms with Crippen molar-refractivity contribution in [1.29, 1.82) is 0 Å². The lowest BCUT2D eigenvalue weighted by Crippen LogP contribution is -2.13. The number of carbonyl (C=O) groups excluding carboxylic acids is 1. The molecule has 1 rings (SSSR count). The van der Waals surface area contributed by atoms with E-state index in [2.05, 4.69) is 15.5 Å². The first kappa shape index (κ1) is 12.1. The van der Waals surface area contributed by atoms with E-state index in [1.165, 1.54) is 11.3 Å². The van der Waals surface area contributed by atoms with Gasteiger partial charge in [-0.05, 0) is 0 Å². The van der Waals surface area contributed by atoms with E-state index in [9.17, 15) is 4.79 Å². The Morgan fingerprint density at radius 1 is 1.53 bits per heavy atom. The fourth-order valence-electron chi connectivity index (χ4n) is 0.895. The Labute approximate surface area is 92.9 Å². The lowest BCUT2D eigenvalue weighted by molar-refractivity contribution is -0.117. The largest absolute Gasteiger partial charge is 0.384 e. The molecular weight excluding hydrogens is 214 g/mol. The maximum atomic E-state index is 11.3. The van der Waals surface area contributed by atoms with Gasteiger partial charge >= 0.3 is 0 Å². The highest BCUT2D eigenvalue weighted by atomic mass is 32.1. The van der Waals surface area contributed by atoms with Gasteiger partial charge in [0.15, 0.2) is 0 Å². The molecule has 15 heavy (non-hydrogen) atoms. The molecule has 1 N–H and O–H groups in total. The highest BCUT2D eigenvalue weighted by molar-refractivity contribution is 7.15. The molecule has 0 atom stereocenters. The number of amides is 1. The molecule has 1 aromatic rings. The van der Waals surface area contributed by atoms with E-state index < -0.39 is 0 Å². The summed E-state index contributed by atoms with van der Waals surface area (Å²) < 4.78 is 4.80. The summed E-state index contributed by atoms with van der Waals surface area (Å²) in [5, 5.41) is 12.0. The van der Waals surface area contributed by atoms with E-state index in [0.717, 1.165) is 5.01 Å². The first-order chi connectivity index (χ1) is 7.13. The van der Waals surface area contributed by atoms with Crippen molar-refractivity contribution in [1.82, 2.24) is 10.2 Å². The first-order valence-corrected chi connectivity index (χ1v) is 5.57. The molecule has 5 nitrogen and oxygen atoms in total. The van der Waals surface area contributed by atoms with Crippen LogP contribution in [0.2, 0.25) is 0 Å². The molecule has 0 aliphatic carbocycles. The van der Waals surface area contributed by atoms with E-state index in [1.54, 1.807) is 7.11 Å². The highest BCUT2D eigenvalue weighted by Gasteiger charge is 2.09. The molecule has 0 spiro atoms. The maximum absolute atomic E-state index is 11.3. The van der Waals surface area contributed by atoms with Crippen LogP contribution < -0.4 is 5.32 Å². The van der Waals surface area contributed by atoms with Crippen LogP contribution in [0, 0.1) is 0 Å². The molecular formula is C9H15N3O2S. The molecule has 1 aromatic heterocycles. The summed E-state index contributed by atoms with van der Waals surface area (Å²) >= 11 is 1.41. The van der Waals surface area contributed by atoms with Crippen molar-refractivity contribution in [2.24, 2.45) is 0 Å². The molecule has 0 fully saturated rings. The van der Waals surface area contributed by atoms with Gasteiger partial charge in [-0.25, -0.2) is 0 Å². The van der Waals surface area contributed by atoms with Crippen LogP contribution in [0.25, 0.3) is 0 Å². The van der Waals surface area contributed by atoms with Gasteiger partial charge in [-0.1, -0.05) is 25.2 Å². The summed E-state index contributed by atoms with van der Waals surface area (Å²) in [7, 11) is 1.56. The molecule has 1 heterocycles.